The molecule has 6 heteroatoms. The first kappa shape index (κ1) is 26.4. The van der Waals surface area contributed by atoms with Crippen LogP contribution in [0.1, 0.15) is 98.3 Å². The van der Waals surface area contributed by atoms with E-state index >= 15 is 0 Å². The van der Waals surface area contributed by atoms with E-state index in [0.29, 0.717) is 0 Å². The lowest BCUT2D eigenvalue weighted by Crippen LogP contribution is -2.52. The van der Waals surface area contributed by atoms with Crippen LogP contribution in [0.3, 0.4) is 0 Å². The summed E-state index contributed by atoms with van der Waals surface area (Å²) in [5.74, 6) is -1.50. The maximum Gasteiger partial charge on any atom is 0.349 e. The van der Waals surface area contributed by atoms with Gasteiger partial charge in [0.1, 0.15) is 0 Å². The molecule has 0 aliphatic rings. The van der Waals surface area contributed by atoms with Crippen molar-refractivity contribution in [2.24, 2.45) is 5.92 Å². The Balaban J connectivity index is 4.38. The Morgan fingerprint density at radius 2 is 1.36 bits per heavy atom. The SMILES string of the molecule is CCCCCCCCCCCC[C@H](C)[C@@H](NC(C)=O)[C@@H](OC(C)=O)C(=O)OC. The predicted octanol–water partition coefficient (Wildman–Crippen LogP) is 4.54. The number of nitrogens with one attached hydrogen (secondary N) is 1. The van der Waals surface area contributed by atoms with Gasteiger partial charge < -0.3 is 14.8 Å². The maximum absolute atomic E-state index is 12.1. The molecule has 0 rings (SSSR count). The number of hydrogen-bond acceptors (Lipinski definition) is 5. The molecule has 1 N–H and O–H groups in total. The van der Waals surface area contributed by atoms with E-state index in [0.717, 1.165) is 19.3 Å². The van der Waals surface area contributed by atoms with Crippen molar-refractivity contribution in [1.82, 2.24) is 5.32 Å². The molecule has 0 heterocycles. The van der Waals surface area contributed by atoms with E-state index in [1.807, 2.05) is 6.92 Å². The van der Waals surface area contributed by atoms with E-state index < -0.39 is 24.1 Å². The van der Waals surface area contributed by atoms with Crippen molar-refractivity contribution in [1.29, 1.82) is 0 Å². The van der Waals surface area contributed by atoms with Crippen LogP contribution in [-0.2, 0) is 23.9 Å². The van der Waals surface area contributed by atoms with Gasteiger partial charge in [-0.1, -0.05) is 78.1 Å². The molecule has 164 valence electrons. The zero-order valence-corrected chi connectivity index (χ0v) is 18.6. The number of methoxy groups -OCH3 is 1. The quantitative estimate of drug-likeness (QED) is 0.304. The lowest BCUT2D eigenvalue weighted by molar-refractivity contribution is -0.168. The Labute approximate surface area is 171 Å². The van der Waals surface area contributed by atoms with Gasteiger partial charge in [-0.2, -0.15) is 0 Å². The van der Waals surface area contributed by atoms with Gasteiger partial charge in [0, 0.05) is 13.8 Å². The summed E-state index contributed by atoms with van der Waals surface area (Å²) in [5.41, 5.74) is 0. The van der Waals surface area contributed by atoms with Crippen LogP contribution in [0.25, 0.3) is 0 Å². The summed E-state index contributed by atoms with van der Waals surface area (Å²) < 4.78 is 9.92. The standard InChI is InChI=1S/C22H41NO5/c1-6-7-8-9-10-11-12-13-14-15-16-17(2)20(23-18(3)24)21(22(26)27-5)28-19(4)25/h17,20-21H,6-16H2,1-5H3,(H,23,24)/t17-,20+,21+/m0/s1. The van der Waals surface area contributed by atoms with Crippen LogP contribution in [0.5, 0.6) is 0 Å². The third-order valence-corrected chi connectivity index (χ3v) is 5.05. The van der Waals surface area contributed by atoms with Crippen LogP contribution in [0.15, 0.2) is 0 Å². The van der Waals surface area contributed by atoms with Gasteiger partial charge in [-0.25, -0.2) is 4.79 Å². The van der Waals surface area contributed by atoms with E-state index in [2.05, 4.69) is 12.2 Å². The number of hydrogen-bond donors (Lipinski definition) is 1. The predicted molar refractivity (Wildman–Crippen MR) is 111 cm³/mol. The minimum absolute atomic E-state index is 0.0126. The number of unbranched alkanes of at least 4 members (excludes halogenated alkanes) is 9. The summed E-state index contributed by atoms with van der Waals surface area (Å²) in [5, 5.41) is 2.77. The molecule has 0 aliphatic carbocycles. The van der Waals surface area contributed by atoms with E-state index in [4.69, 9.17) is 9.47 Å². The summed E-state index contributed by atoms with van der Waals surface area (Å²) in [6.07, 6.45) is 12.3. The molecule has 0 aliphatic heterocycles. The fraction of sp³-hybridized carbons (Fsp3) is 0.864. The monoisotopic (exact) mass is 399 g/mol. The summed E-state index contributed by atoms with van der Waals surface area (Å²) in [7, 11) is 1.25. The van der Waals surface area contributed by atoms with E-state index in [-0.39, 0.29) is 11.8 Å². The molecule has 0 fully saturated rings. The zero-order valence-electron chi connectivity index (χ0n) is 18.6. The highest BCUT2D eigenvalue weighted by atomic mass is 16.6. The highest BCUT2D eigenvalue weighted by Gasteiger charge is 2.36. The maximum atomic E-state index is 12.1. The van der Waals surface area contributed by atoms with Crippen molar-refractivity contribution >= 4 is 17.8 Å². The van der Waals surface area contributed by atoms with Crippen molar-refractivity contribution in [2.75, 3.05) is 7.11 Å². The normalized spacial score (nSPS) is 14.0. The van der Waals surface area contributed by atoms with E-state index in [1.165, 1.54) is 72.3 Å². The Bertz CT molecular complexity index is 452. The van der Waals surface area contributed by atoms with Gasteiger partial charge in [0.15, 0.2) is 0 Å². The van der Waals surface area contributed by atoms with Crippen molar-refractivity contribution in [3.05, 3.63) is 0 Å². The molecular weight excluding hydrogens is 358 g/mol. The Morgan fingerprint density at radius 3 is 1.79 bits per heavy atom. The van der Waals surface area contributed by atoms with Gasteiger partial charge in [0.25, 0.3) is 0 Å². The molecule has 0 spiro atoms. The first-order chi connectivity index (χ1) is 13.3. The van der Waals surface area contributed by atoms with Crippen molar-refractivity contribution < 1.29 is 23.9 Å². The molecule has 0 saturated heterocycles. The third kappa shape index (κ3) is 12.7. The van der Waals surface area contributed by atoms with Crippen molar-refractivity contribution in [2.45, 2.75) is 110 Å². The van der Waals surface area contributed by atoms with Crippen molar-refractivity contribution in [3.8, 4) is 0 Å². The van der Waals surface area contributed by atoms with E-state index in [1.54, 1.807) is 0 Å². The van der Waals surface area contributed by atoms with Gasteiger partial charge in [-0.15, -0.1) is 0 Å². The van der Waals surface area contributed by atoms with Gasteiger partial charge in [0.2, 0.25) is 12.0 Å². The molecule has 3 atom stereocenters. The third-order valence-electron chi connectivity index (χ3n) is 5.05. The lowest BCUT2D eigenvalue weighted by Gasteiger charge is -2.30. The molecule has 0 aromatic heterocycles. The largest absolute Gasteiger partial charge is 0.466 e. The molecule has 0 saturated carbocycles. The Hall–Kier alpha value is -1.59. The number of amides is 1. The second-order valence-corrected chi connectivity index (χ2v) is 7.73. The number of rotatable bonds is 16. The molecule has 6 nitrogen and oxygen atoms in total. The smallest absolute Gasteiger partial charge is 0.349 e. The number of esters is 2. The molecular formula is C22H41NO5. The molecule has 0 unspecified atom stereocenters. The van der Waals surface area contributed by atoms with Crippen LogP contribution in [0.4, 0.5) is 0 Å². The second kappa shape index (κ2) is 16.4. The van der Waals surface area contributed by atoms with Crippen LogP contribution in [-0.4, -0.2) is 37.1 Å². The highest BCUT2D eigenvalue weighted by molar-refractivity contribution is 5.81. The van der Waals surface area contributed by atoms with E-state index in [9.17, 15) is 14.4 Å². The fourth-order valence-corrected chi connectivity index (χ4v) is 3.45. The Morgan fingerprint density at radius 1 is 0.857 bits per heavy atom. The molecule has 0 aromatic rings. The molecule has 28 heavy (non-hydrogen) atoms. The molecule has 0 radical (unpaired) electrons. The lowest BCUT2D eigenvalue weighted by atomic mass is 9.90. The summed E-state index contributed by atoms with van der Waals surface area (Å²) in [6.45, 7) is 6.83. The van der Waals surface area contributed by atoms with Gasteiger partial charge >= 0.3 is 11.9 Å². The van der Waals surface area contributed by atoms with Crippen LogP contribution >= 0.6 is 0 Å². The molecule has 0 aromatic carbocycles. The summed E-state index contributed by atoms with van der Waals surface area (Å²) >= 11 is 0. The summed E-state index contributed by atoms with van der Waals surface area (Å²) in [6, 6.07) is -0.590. The fourth-order valence-electron chi connectivity index (χ4n) is 3.45. The first-order valence-electron chi connectivity index (χ1n) is 10.9. The van der Waals surface area contributed by atoms with Gasteiger partial charge in [-0.05, 0) is 12.3 Å². The minimum Gasteiger partial charge on any atom is -0.466 e. The van der Waals surface area contributed by atoms with Gasteiger partial charge in [-0.3, -0.25) is 9.59 Å². The number of carbonyl (C=O) groups excluding carboxylic acids is 3. The first-order valence-corrected chi connectivity index (χ1v) is 10.9. The molecule has 0 bridgehead atoms. The topological polar surface area (TPSA) is 81.7 Å². The average molecular weight is 400 g/mol. The zero-order chi connectivity index (χ0) is 21.4. The van der Waals surface area contributed by atoms with Crippen LogP contribution in [0, 0.1) is 5.92 Å². The number of ether oxygens (including phenoxy) is 2. The average Bonchev–Trinajstić information content (AvgIpc) is 2.64. The Kier molecular flexibility index (Phi) is 15.4. The highest BCUT2D eigenvalue weighted by Crippen LogP contribution is 2.20. The second-order valence-electron chi connectivity index (χ2n) is 7.73. The van der Waals surface area contributed by atoms with Gasteiger partial charge in [0.05, 0.1) is 13.2 Å². The van der Waals surface area contributed by atoms with Crippen LogP contribution < -0.4 is 5.32 Å². The molecule has 1 amide bonds. The minimum atomic E-state index is -1.12. The van der Waals surface area contributed by atoms with Crippen molar-refractivity contribution in [3.63, 3.8) is 0 Å². The van der Waals surface area contributed by atoms with Crippen LogP contribution in [0.2, 0.25) is 0 Å². The summed E-state index contributed by atoms with van der Waals surface area (Å²) in [4.78, 5) is 35.1. The number of carbonyl (C=O) groups is 3.